The summed E-state index contributed by atoms with van der Waals surface area (Å²) in [4.78, 5) is 19.6. The van der Waals surface area contributed by atoms with Gasteiger partial charge in [0.2, 0.25) is 0 Å². The summed E-state index contributed by atoms with van der Waals surface area (Å²) < 4.78 is 18.0. The predicted octanol–water partition coefficient (Wildman–Crippen LogP) is 4.42. The minimum absolute atomic E-state index is 0.0320. The van der Waals surface area contributed by atoms with Crippen LogP contribution in [0.2, 0.25) is 0 Å². The molecule has 1 atom stereocenters. The van der Waals surface area contributed by atoms with Crippen LogP contribution in [0.4, 0.5) is 0 Å². The van der Waals surface area contributed by atoms with E-state index in [0.29, 0.717) is 11.7 Å². The number of ether oxygens (including phenoxy) is 1. The molecular formula is C20H25O4P. The fraction of sp³-hybridized carbons (Fsp3) is 0.400. The molecule has 1 saturated carbocycles. The van der Waals surface area contributed by atoms with Crippen LogP contribution in [0, 0.1) is 12.8 Å². The molecular weight excluding hydrogens is 335 g/mol. The summed E-state index contributed by atoms with van der Waals surface area (Å²) in [6.07, 6.45) is 4.60. The molecule has 0 aromatic heterocycles. The van der Waals surface area contributed by atoms with Crippen LogP contribution in [0.25, 0.3) is 11.1 Å². The average Bonchev–Trinajstić information content (AvgIpc) is 3.09. The average molecular weight is 360 g/mol. The molecule has 1 unspecified atom stereocenters. The summed E-state index contributed by atoms with van der Waals surface area (Å²) >= 11 is 0. The van der Waals surface area contributed by atoms with Crippen LogP contribution >= 0.6 is 7.60 Å². The van der Waals surface area contributed by atoms with Gasteiger partial charge in [0.1, 0.15) is 11.1 Å². The third-order valence-corrected chi connectivity index (χ3v) is 6.01. The van der Waals surface area contributed by atoms with Gasteiger partial charge in [-0.3, -0.25) is 4.57 Å². The van der Waals surface area contributed by atoms with Gasteiger partial charge in [-0.05, 0) is 55.9 Å². The normalized spacial score (nSPS) is 16.8. The van der Waals surface area contributed by atoms with E-state index in [-0.39, 0.29) is 11.4 Å². The summed E-state index contributed by atoms with van der Waals surface area (Å²) in [5.41, 5.74) is 2.85. The van der Waals surface area contributed by atoms with Crippen LogP contribution in [0.15, 0.2) is 42.5 Å². The SMILES string of the molecule is Cc1ccc(-c2ccc(OC(C)C3CCCC3)c(P(=O)(O)O)c2)cc1. The highest BCUT2D eigenvalue weighted by molar-refractivity contribution is 7.60. The van der Waals surface area contributed by atoms with Crippen molar-refractivity contribution < 1.29 is 19.1 Å². The van der Waals surface area contributed by atoms with E-state index in [9.17, 15) is 14.4 Å². The lowest BCUT2D eigenvalue weighted by molar-refractivity contribution is 0.155. The molecule has 0 heterocycles. The molecule has 0 aliphatic heterocycles. The molecule has 0 saturated heterocycles. The highest BCUT2D eigenvalue weighted by Crippen LogP contribution is 2.40. The van der Waals surface area contributed by atoms with Gasteiger partial charge in [-0.15, -0.1) is 0 Å². The van der Waals surface area contributed by atoms with Crippen molar-refractivity contribution in [3.63, 3.8) is 0 Å². The van der Waals surface area contributed by atoms with Crippen molar-refractivity contribution in [2.75, 3.05) is 0 Å². The number of hydrogen-bond acceptors (Lipinski definition) is 2. The van der Waals surface area contributed by atoms with E-state index in [2.05, 4.69) is 0 Å². The lowest BCUT2D eigenvalue weighted by Crippen LogP contribution is -2.24. The van der Waals surface area contributed by atoms with Crippen LogP contribution in [0.3, 0.4) is 0 Å². The molecule has 25 heavy (non-hydrogen) atoms. The van der Waals surface area contributed by atoms with Gasteiger partial charge in [-0.2, -0.15) is 0 Å². The topological polar surface area (TPSA) is 66.8 Å². The maximum absolute atomic E-state index is 12.0. The van der Waals surface area contributed by atoms with Crippen LogP contribution in [-0.4, -0.2) is 15.9 Å². The molecule has 0 amide bonds. The lowest BCUT2D eigenvalue weighted by atomic mass is 10.0. The predicted molar refractivity (Wildman–Crippen MR) is 100 cm³/mol. The number of aryl methyl sites for hydroxylation is 1. The van der Waals surface area contributed by atoms with Crippen molar-refractivity contribution in [3.05, 3.63) is 48.0 Å². The second kappa shape index (κ2) is 7.33. The third-order valence-electron chi connectivity index (χ3n) is 5.03. The van der Waals surface area contributed by atoms with Gasteiger partial charge in [-0.1, -0.05) is 48.7 Å². The van der Waals surface area contributed by atoms with Gasteiger partial charge in [0.25, 0.3) is 0 Å². The first-order valence-corrected chi connectivity index (χ1v) is 10.4. The highest BCUT2D eigenvalue weighted by atomic mass is 31.2. The van der Waals surface area contributed by atoms with Crippen LogP contribution in [0.1, 0.15) is 38.2 Å². The third kappa shape index (κ3) is 4.33. The molecule has 5 heteroatoms. The van der Waals surface area contributed by atoms with Crippen LogP contribution < -0.4 is 10.0 Å². The minimum atomic E-state index is -4.43. The second-order valence-corrected chi connectivity index (χ2v) is 8.53. The first kappa shape index (κ1) is 18.2. The smallest absolute Gasteiger partial charge is 0.359 e. The first-order chi connectivity index (χ1) is 11.8. The van der Waals surface area contributed by atoms with Gasteiger partial charge in [0, 0.05) is 0 Å². The summed E-state index contributed by atoms with van der Waals surface area (Å²) in [5.74, 6) is 0.755. The van der Waals surface area contributed by atoms with Crippen molar-refractivity contribution >= 4 is 12.9 Å². The van der Waals surface area contributed by atoms with Gasteiger partial charge in [0.15, 0.2) is 0 Å². The summed E-state index contributed by atoms with van der Waals surface area (Å²) in [7, 11) is -4.43. The minimum Gasteiger partial charge on any atom is -0.489 e. The maximum atomic E-state index is 12.0. The Morgan fingerprint density at radius 1 is 1.04 bits per heavy atom. The Labute approximate surface area is 149 Å². The van der Waals surface area contributed by atoms with Crippen molar-refractivity contribution in [3.8, 4) is 16.9 Å². The molecule has 134 valence electrons. The van der Waals surface area contributed by atoms with Crippen molar-refractivity contribution in [1.29, 1.82) is 0 Å². The van der Waals surface area contributed by atoms with Gasteiger partial charge in [0.05, 0.1) is 6.10 Å². The van der Waals surface area contributed by atoms with E-state index < -0.39 is 7.60 Å². The molecule has 0 radical (unpaired) electrons. The molecule has 2 N–H and O–H groups in total. The zero-order chi connectivity index (χ0) is 18.0. The van der Waals surface area contributed by atoms with Crippen LogP contribution in [0.5, 0.6) is 5.75 Å². The second-order valence-electron chi connectivity index (χ2n) is 6.96. The quantitative estimate of drug-likeness (QED) is 0.775. The van der Waals surface area contributed by atoms with E-state index in [4.69, 9.17) is 4.74 Å². The zero-order valence-electron chi connectivity index (χ0n) is 14.7. The van der Waals surface area contributed by atoms with Gasteiger partial charge >= 0.3 is 7.60 Å². The first-order valence-electron chi connectivity index (χ1n) is 8.78. The Kier molecular flexibility index (Phi) is 5.33. The Balaban J connectivity index is 1.92. The molecule has 0 spiro atoms. The Hall–Kier alpha value is -1.61. The van der Waals surface area contributed by atoms with E-state index in [1.165, 1.54) is 12.8 Å². The Morgan fingerprint density at radius 3 is 2.24 bits per heavy atom. The number of benzene rings is 2. The monoisotopic (exact) mass is 360 g/mol. The fourth-order valence-corrected chi connectivity index (χ4v) is 4.22. The molecule has 3 rings (SSSR count). The molecule has 1 aliphatic rings. The Morgan fingerprint density at radius 2 is 1.64 bits per heavy atom. The van der Waals surface area contributed by atoms with Gasteiger partial charge in [-0.25, -0.2) is 0 Å². The lowest BCUT2D eigenvalue weighted by Gasteiger charge is -2.23. The summed E-state index contributed by atoms with van der Waals surface area (Å²) in [6.45, 7) is 4.00. The summed E-state index contributed by atoms with van der Waals surface area (Å²) in [5, 5.41) is -0.0320. The van der Waals surface area contributed by atoms with E-state index in [1.54, 1.807) is 12.1 Å². The maximum Gasteiger partial charge on any atom is 0.359 e. The number of rotatable bonds is 5. The molecule has 1 aliphatic carbocycles. The molecule has 2 aromatic rings. The fourth-order valence-electron chi connectivity index (χ4n) is 3.49. The number of hydrogen-bond donors (Lipinski definition) is 2. The molecule has 0 bridgehead atoms. The van der Waals surface area contributed by atoms with E-state index in [0.717, 1.165) is 29.5 Å². The summed E-state index contributed by atoms with van der Waals surface area (Å²) in [6, 6.07) is 13.0. The van der Waals surface area contributed by atoms with Crippen molar-refractivity contribution in [2.45, 2.75) is 45.6 Å². The molecule has 1 fully saturated rings. The van der Waals surface area contributed by atoms with Crippen LogP contribution in [-0.2, 0) is 4.57 Å². The molecule has 2 aromatic carbocycles. The zero-order valence-corrected chi connectivity index (χ0v) is 15.6. The van der Waals surface area contributed by atoms with Crippen molar-refractivity contribution in [2.24, 2.45) is 5.92 Å². The van der Waals surface area contributed by atoms with Gasteiger partial charge < -0.3 is 14.5 Å². The molecule has 4 nitrogen and oxygen atoms in total. The van der Waals surface area contributed by atoms with E-state index in [1.807, 2.05) is 44.2 Å². The van der Waals surface area contributed by atoms with E-state index >= 15 is 0 Å². The Bertz CT molecular complexity index is 773. The largest absolute Gasteiger partial charge is 0.489 e. The van der Waals surface area contributed by atoms with Crippen molar-refractivity contribution in [1.82, 2.24) is 0 Å². The standard InChI is InChI=1S/C20H25O4P/c1-14-7-9-17(10-8-14)18-11-12-19(20(13-18)25(21,22)23)24-15(2)16-5-3-4-6-16/h7-13,15-16H,3-6H2,1-2H3,(H2,21,22,23). The highest BCUT2D eigenvalue weighted by Gasteiger charge is 2.28.